The first-order valence-corrected chi connectivity index (χ1v) is 5.74. The standard InChI is InChI=1S/C13H12FN3O2/c1-2-17-8-9(6-7-12(17)18)15-13(19)10-4-3-5-11(14)16-10/h3-8H,2H2,1H3,(H,15,19). The fourth-order valence-electron chi connectivity index (χ4n) is 1.58. The molecule has 2 rings (SSSR count). The van der Waals surface area contributed by atoms with E-state index in [1.807, 2.05) is 6.92 Å². The number of aromatic nitrogens is 2. The van der Waals surface area contributed by atoms with E-state index in [0.717, 1.165) is 6.07 Å². The molecule has 0 spiro atoms. The Morgan fingerprint density at radius 3 is 2.84 bits per heavy atom. The van der Waals surface area contributed by atoms with Gasteiger partial charge in [0.15, 0.2) is 0 Å². The van der Waals surface area contributed by atoms with Crippen LogP contribution in [-0.2, 0) is 6.54 Å². The van der Waals surface area contributed by atoms with Gasteiger partial charge in [-0.3, -0.25) is 9.59 Å². The molecular formula is C13H12FN3O2. The molecule has 98 valence electrons. The Morgan fingerprint density at radius 1 is 1.37 bits per heavy atom. The van der Waals surface area contributed by atoms with Crippen LogP contribution in [0.1, 0.15) is 17.4 Å². The van der Waals surface area contributed by atoms with Crippen molar-refractivity contribution >= 4 is 11.6 Å². The highest BCUT2D eigenvalue weighted by atomic mass is 19.1. The lowest BCUT2D eigenvalue weighted by atomic mass is 10.3. The number of nitrogens with zero attached hydrogens (tertiary/aromatic N) is 2. The van der Waals surface area contributed by atoms with Crippen LogP contribution in [0.15, 0.2) is 41.3 Å². The molecule has 2 aromatic rings. The second-order valence-corrected chi connectivity index (χ2v) is 3.84. The predicted molar refractivity (Wildman–Crippen MR) is 68.5 cm³/mol. The van der Waals surface area contributed by atoms with Gasteiger partial charge >= 0.3 is 0 Å². The summed E-state index contributed by atoms with van der Waals surface area (Å²) < 4.78 is 14.4. The third-order valence-corrected chi connectivity index (χ3v) is 2.53. The minimum Gasteiger partial charge on any atom is -0.319 e. The highest BCUT2D eigenvalue weighted by Gasteiger charge is 2.09. The fourth-order valence-corrected chi connectivity index (χ4v) is 1.58. The van der Waals surface area contributed by atoms with Crippen LogP contribution >= 0.6 is 0 Å². The molecule has 0 aromatic carbocycles. The minimum absolute atomic E-state index is 0.0192. The SMILES string of the molecule is CCn1cc(NC(=O)c2cccc(F)n2)ccc1=O. The summed E-state index contributed by atoms with van der Waals surface area (Å²) in [5, 5.41) is 2.56. The Morgan fingerprint density at radius 2 is 2.16 bits per heavy atom. The first-order chi connectivity index (χ1) is 9.10. The van der Waals surface area contributed by atoms with Gasteiger partial charge in [-0.1, -0.05) is 6.07 Å². The Hall–Kier alpha value is -2.50. The van der Waals surface area contributed by atoms with E-state index in [1.54, 1.807) is 0 Å². The van der Waals surface area contributed by atoms with Crippen LogP contribution in [0.4, 0.5) is 10.1 Å². The zero-order chi connectivity index (χ0) is 13.8. The average Bonchev–Trinajstić information content (AvgIpc) is 2.41. The van der Waals surface area contributed by atoms with Crippen molar-refractivity contribution in [2.45, 2.75) is 13.5 Å². The molecule has 19 heavy (non-hydrogen) atoms. The number of hydrogen-bond donors (Lipinski definition) is 1. The van der Waals surface area contributed by atoms with Crippen LogP contribution in [0.2, 0.25) is 0 Å². The van der Waals surface area contributed by atoms with Gasteiger partial charge in [0.05, 0.1) is 5.69 Å². The topological polar surface area (TPSA) is 64.0 Å². The molecule has 0 saturated heterocycles. The molecule has 1 amide bonds. The van der Waals surface area contributed by atoms with E-state index >= 15 is 0 Å². The summed E-state index contributed by atoms with van der Waals surface area (Å²) >= 11 is 0. The van der Waals surface area contributed by atoms with Gasteiger partial charge < -0.3 is 9.88 Å². The van der Waals surface area contributed by atoms with Crippen molar-refractivity contribution in [2.24, 2.45) is 0 Å². The normalized spacial score (nSPS) is 10.2. The van der Waals surface area contributed by atoms with Gasteiger partial charge in [0, 0.05) is 18.8 Å². The average molecular weight is 261 g/mol. The van der Waals surface area contributed by atoms with E-state index < -0.39 is 11.9 Å². The molecule has 6 heteroatoms. The van der Waals surface area contributed by atoms with Crippen LogP contribution in [0.25, 0.3) is 0 Å². The molecule has 0 aliphatic heterocycles. The van der Waals surface area contributed by atoms with Gasteiger partial charge in [0.25, 0.3) is 11.5 Å². The van der Waals surface area contributed by atoms with E-state index in [-0.39, 0.29) is 11.3 Å². The number of aryl methyl sites for hydroxylation is 1. The van der Waals surface area contributed by atoms with Crippen molar-refractivity contribution in [2.75, 3.05) is 5.32 Å². The molecular weight excluding hydrogens is 249 g/mol. The number of carbonyl (C=O) groups excluding carboxylic acids is 1. The summed E-state index contributed by atoms with van der Waals surface area (Å²) in [4.78, 5) is 26.7. The Bertz CT molecular complexity index is 667. The van der Waals surface area contributed by atoms with Crippen molar-refractivity contribution in [1.29, 1.82) is 0 Å². The summed E-state index contributed by atoms with van der Waals surface area (Å²) in [5.74, 6) is -1.24. The molecule has 0 fully saturated rings. The fraction of sp³-hybridized carbons (Fsp3) is 0.154. The van der Waals surface area contributed by atoms with Gasteiger partial charge in [-0.2, -0.15) is 4.39 Å². The van der Waals surface area contributed by atoms with Crippen molar-refractivity contribution < 1.29 is 9.18 Å². The maximum atomic E-state index is 12.9. The van der Waals surface area contributed by atoms with Crippen molar-refractivity contribution in [3.8, 4) is 0 Å². The maximum absolute atomic E-state index is 12.9. The lowest BCUT2D eigenvalue weighted by Gasteiger charge is -2.07. The Labute approximate surface area is 108 Å². The van der Waals surface area contributed by atoms with Crippen LogP contribution < -0.4 is 10.9 Å². The summed E-state index contributed by atoms with van der Waals surface area (Å²) in [6.45, 7) is 2.32. The second-order valence-electron chi connectivity index (χ2n) is 3.84. The Kier molecular flexibility index (Phi) is 3.70. The molecule has 0 unspecified atom stereocenters. The summed E-state index contributed by atoms with van der Waals surface area (Å²) in [7, 11) is 0. The largest absolute Gasteiger partial charge is 0.319 e. The number of carbonyl (C=O) groups is 1. The number of nitrogens with one attached hydrogen (secondary N) is 1. The van der Waals surface area contributed by atoms with Gasteiger partial charge in [-0.05, 0) is 25.1 Å². The van der Waals surface area contributed by atoms with Crippen molar-refractivity contribution in [3.63, 3.8) is 0 Å². The number of pyridine rings is 2. The van der Waals surface area contributed by atoms with Gasteiger partial charge in [0.1, 0.15) is 5.69 Å². The highest BCUT2D eigenvalue weighted by Crippen LogP contribution is 2.06. The number of anilines is 1. The smallest absolute Gasteiger partial charge is 0.274 e. The Balaban J connectivity index is 2.22. The molecule has 2 aromatic heterocycles. The molecule has 0 aliphatic rings. The molecule has 2 heterocycles. The molecule has 0 aliphatic carbocycles. The molecule has 0 radical (unpaired) electrons. The summed E-state index contributed by atoms with van der Waals surface area (Å²) in [5.41, 5.74) is 0.288. The number of rotatable bonds is 3. The first-order valence-electron chi connectivity index (χ1n) is 5.74. The summed E-state index contributed by atoms with van der Waals surface area (Å²) in [6.07, 6.45) is 1.53. The molecule has 1 N–H and O–H groups in total. The van der Waals surface area contributed by atoms with E-state index in [9.17, 15) is 14.0 Å². The lowest BCUT2D eigenvalue weighted by Crippen LogP contribution is -2.20. The quantitative estimate of drug-likeness (QED) is 0.854. The van der Waals surface area contributed by atoms with Crippen LogP contribution in [-0.4, -0.2) is 15.5 Å². The zero-order valence-electron chi connectivity index (χ0n) is 10.3. The molecule has 0 bridgehead atoms. The van der Waals surface area contributed by atoms with Crippen LogP contribution in [0.5, 0.6) is 0 Å². The molecule has 0 saturated carbocycles. The van der Waals surface area contributed by atoms with Gasteiger partial charge in [-0.15, -0.1) is 0 Å². The molecule has 0 atom stereocenters. The number of amides is 1. The molecule has 5 nitrogen and oxygen atoms in total. The van der Waals surface area contributed by atoms with E-state index in [1.165, 1.54) is 35.0 Å². The third-order valence-electron chi connectivity index (χ3n) is 2.53. The number of halogens is 1. The lowest BCUT2D eigenvalue weighted by molar-refractivity contribution is 0.102. The zero-order valence-corrected chi connectivity index (χ0v) is 10.3. The monoisotopic (exact) mass is 261 g/mol. The highest BCUT2D eigenvalue weighted by molar-refractivity contribution is 6.02. The second kappa shape index (κ2) is 5.43. The third kappa shape index (κ3) is 3.04. The van der Waals surface area contributed by atoms with Crippen molar-refractivity contribution in [1.82, 2.24) is 9.55 Å². The van der Waals surface area contributed by atoms with Gasteiger partial charge in [-0.25, -0.2) is 4.98 Å². The minimum atomic E-state index is -0.717. The van der Waals surface area contributed by atoms with Gasteiger partial charge in [0.2, 0.25) is 5.95 Å². The number of hydrogen-bond acceptors (Lipinski definition) is 3. The van der Waals surface area contributed by atoms with Crippen LogP contribution in [0.3, 0.4) is 0 Å². The predicted octanol–water partition coefficient (Wildman–Crippen LogP) is 1.65. The van der Waals surface area contributed by atoms with E-state index in [2.05, 4.69) is 10.3 Å². The van der Waals surface area contributed by atoms with E-state index in [4.69, 9.17) is 0 Å². The van der Waals surface area contributed by atoms with Crippen molar-refractivity contribution in [3.05, 3.63) is 58.5 Å². The first kappa shape index (κ1) is 12.9. The van der Waals surface area contributed by atoms with Crippen LogP contribution in [0, 0.1) is 5.95 Å². The summed E-state index contributed by atoms with van der Waals surface area (Å²) in [6, 6.07) is 6.83. The maximum Gasteiger partial charge on any atom is 0.274 e. The van der Waals surface area contributed by atoms with E-state index in [0.29, 0.717) is 12.2 Å².